The Bertz CT molecular complexity index is 815. The molecule has 7 nitrogen and oxygen atoms in total. The maximum absolute atomic E-state index is 11.8. The van der Waals surface area contributed by atoms with Crippen LogP contribution in [0.2, 0.25) is 0 Å². The number of nitrogens with zero attached hydrogens (tertiary/aromatic N) is 3. The average Bonchev–Trinajstić information content (AvgIpc) is 3.07. The van der Waals surface area contributed by atoms with E-state index in [4.69, 9.17) is 12.2 Å². The largest absolute Gasteiger partial charge is 0.359 e. The van der Waals surface area contributed by atoms with Gasteiger partial charge in [0.2, 0.25) is 0 Å². The van der Waals surface area contributed by atoms with Gasteiger partial charge in [-0.15, -0.1) is 0 Å². The zero-order valence-electron chi connectivity index (χ0n) is 17.5. The molecule has 2 atom stereocenters. The highest BCUT2D eigenvalue weighted by atomic mass is 32.2. The number of sulfone groups is 1. The van der Waals surface area contributed by atoms with Crippen molar-refractivity contribution in [2.24, 2.45) is 11.0 Å². The Kier molecular flexibility index (Phi) is 8.00. The summed E-state index contributed by atoms with van der Waals surface area (Å²) < 4.78 is 25.3. The molecule has 2 N–H and O–H groups in total. The van der Waals surface area contributed by atoms with Gasteiger partial charge >= 0.3 is 0 Å². The fraction of sp³-hybridized carbons (Fsp3) is 0.737. The third-order valence-corrected chi connectivity index (χ3v) is 7.05. The lowest BCUT2D eigenvalue weighted by atomic mass is 10.0. The molecule has 1 saturated heterocycles. The normalized spacial score (nSPS) is 20.0. The van der Waals surface area contributed by atoms with Crippen molar-refractivity contribution in [2.75, 3.05) is 11.5 Å². The summed E-state index contributed by atoms with van der Waals surface area (Å²) in [4.78, 5) is 0. The van der Waals surface area contributed by atoms with Crippen LogP contribution < -0.4 is 10.7 Å². The lowest BCUT2D eigenvalue weighted by molar-refractivity contribution is 0.486. The standard InChI is InChI=1S/C19H33N5O2S2/c1-13(2)7-6-8-14(3)21-19(27)22-20-11-18-15(4)23-24(16(18)5)17-9-10-28(25,26)12-17/h11,13-14,17H,6-10,12H2,1-5H3,(H2,21,22,27)/b20-11-/t14-,17-/m1/s1. The third kappa shape index (κ3) is 6.55. The third-order valence-electron chi connectivity index (χ3n) is 5.09. The lowest BCUT2D eigenvalue weighted by Crippen LogP contribution is -2.38. The SMILES string of the molecule is Cc1nn([C@@H]2CCS(=O)(=O)C2)c(C)c1/C=N\NC(=S)N[C@H](C)CCCC(C)C. The average molecular weight is 428 g/mol. The van der Waals surface area contributed by atoms with Crippen LogP contribution in [0.5, 0.6) is 0 Å². The molecule has 0 bridgehead atoms. The molecule has 1 aromatic heterocycles. The summed E-state index contributed by atoms with van der Waals surface area (Å²) in [6, 6.07) is 0.206. The zero-order valence-corrected chi connectivity index (χ0v) is 19.2. The number of hydrazone groups is 1. The summed E-state index contributed by atoms with van der Waals surface area (Å²) in [5.41, 5.74) is 5.51. The molecule has 9 heteroatoms. The number of thiocarbonyl (C=S) groups is 1. The summed E-state index contributed by atoms with van der Waals surface area (Å²) in [6.07, 6.45) is 5.78. The van der Waals surface area contributed by atoms with Crippen LogP contribution in [0.15, 0.2) is 5.10 Å². The Balaban J connectivity index is 1.89. The predicted molar refractivity (Wildman–Crippen MR) is 119 cm³/mol. The van der Waals surface area contributed by atoms with Crippen LogP contribution in [0, 0.1) is 19.8 Å². The molecule has 1 aliphatic rings. The second kappa shape index (κ2) is 9.82. The molecule has 0 spiro atoms. The Morgan fingerprint density at radius 1 is 1.36 bits per heavy atom. The van der Waals surface area contributed by atoms with Crippen molar-refractivity contribution < 1.29 is 8.42 Å². The van der Waals surface area contributed by atoms with Crippen molar-refractivity contribution in [3.05, 3.63) is 17.0 Å². The first-order chi connectivity index (χ1) is 13.1. The number of aryl methyl sites for hydroxylation is 1. The minimum atomic E-state index is -2.95. The minimum Gasteiger partial charge on any atom is -0.359 e. The quantitative estimate of drug-likeness (QED) is 0.377. The molecule has 1 aliphatic heterocycles. The van der Waals surface area contributed by atoms with E-state index in [9.17, 15) is 8.42 Å². The van der Waals surface area contributed by atoms with Crippen molar-refractivity contribution in [3.8, 4) is 0 Å². The monoisotopic (exact) mass is 427 g/mol. The van der Waals surface area contributed by atoms with Gasteiger partial charge in [-0.3, -0.25) is 10.1 Å². The summed E-state index contributed by atoms with van der Waals surface area (Å²) in [5, 5.41) is 12.5. The van der Waals surface area contributed by atoms with E-state index in [0.717, 1.165) is 29.3 Å². The van der Waals surface area contributed by atoms with Crippen LogP contribution in [-0.4, -0.2) is 47.1 Å². The fourth-order valence-corrected chi connectivity index (χ4v) is 5.45. The van der Waals surface area contributed by atoms with Crippen LogP contribution in [0.3, 0.4) is 0 Å². The van der Waals surface area contributed by atoms with E-state index in [1.807, 2.05) is 18.5 Å². The maximum atomic E-state index is 11.8. The van der Waals surface area contributed by atoms with E-state index in [1.165, 1.54) is 12.8 Å². The first kappa shape index (κ1) is 22.8. The van der Waals surface area contributed by atoms with Gasteiger partial charge in [-0.05, 0) is 51.7 Å². The van der Waals surface area contributed by atoms with Gasteiger partial charge in [-0.25, -0.2) is 8.42 Å². The van der Waals surface area contributed by atoms with Crippen LogP contribution in [0.4, 0.5) is 0 Å². The van der Waals surface area contributed by atoms with E-state index in [0.29, 0.717) is 17.6 Å². The fourth-order valence-electron chi connectivity index (χ4n) is 3.50. The lowest BCUT2D eigenvalue weighted by Gasteiger charge is -2.15. The number of rotatable bonds is 8. The van der Waals surface area contributed by atoms with Gasteiger partial charge in [0.05, 0.1) is 29.5 Å². The number of aromatic nitrogens is 2. The van der Waals surface area contributed by atoms with E-state index < -0.39 is 9.84 Å². The Labute approximate surface area is 174 Å². The molecule has 0 saturated carbocycles. The predicted octanol–water partition coefficient (Wildman–Crippen LogP) is 2.87. The highest BCUT2D eigenvalue weighted by Crippen LogP contribution is 2.26. The second-order valence-corrected chi connectivity index (χ2v) is 10.8. The zero-order chi connectivity index (χ0) is 20.9. The molecule has 28 heavy (non-hydrogen) atoms. The van der Waals surface area contributed by atoms with E-state index in [2.05, 4.69) is 41.7 Å². The summed E-state index contributed by atoms with van der Waals surface area (Å²) in [5.74, 6) is 1.11. The van der Waals surface area contributed by atoms with Gasteiger partial charge in [0.25, 0.3) is 0 Å². The van der Waals surface area contributed by atoms with Gasteiger partial charge in [0, 0.05) is 17.3 Å². The molecular formula is C19H33N5O2S2. The van der Waals surface area contributed by atoms with Gasteiger partial charge in [-0.2, -0.15) is 10.2 Å². The molecule has 1 aromatic rings. The number of hydrogen-bond acceptors (Lipinski definition) is 5. The van der Waals surface area contributed by atoms with Gasteiger partial charge < -0.3 is 5.32 Å². The summed E-state index contributed by atoms with van der Waals surface area (Å²) in [6.45, 7) is 10.4. The molecule has 0 amide bonds. The van der Waals surface area contributed by atoms with Crippen molar-refractivity contribution >= 4 is 33.4 Å². The summed E-state index contributed by atoms with van der Waals surface area (Å²) in [7, 11) is -2.95. The van der Waals surface area contributed by atoms with Crippen molar-refractivity contribution in [2.45, 2.75) is 72.4 Å². The summed E-state index contributed by atoms with van der Waals surface area (Å²) >= 11 is 5.31. The maximum Gasteiger partial charge on any atom is 0.187 e. The highest BCUT2D eigenvalue weighted by Gasteiger charge is 2.31. The van der Waals surface area contributed by atoms with Crippen molar-refractivity contribution in [1.82, 2.24) is 20.5 Å². The molecule has 1 fully saturated rings. The molecular weight excluding hydrogens is 394 g/mol. The van der Waals surface area contributed by atoms with Gasteiger partial charge in [0.1, 0.15) is 0 Å². The molecule has 158 valence electrons. The highest BCUT2D eigenvalue weighted by molar-refractivity contribution is 7.91. The van der Waals surface area contributed by atoms with E-state index in [1.54, 1.807) is 6.21 Å². The molecule has 2 rings (SSSR count). The Hall–Kier alpha value is -1.48. The molecule has 0 radical (unpaired) electrons. The number of hydrogen-bond donors (Lipinski definition) is 2. The van der Waals surface area contributed by atoms with Crippen LogP contribution >= 0.6 is 12.2 Å². The van der Waals surface area contributed by atoms with E-state index >= 15 is 0 Å². The molecule has 2 heterocycles. The first-order valence-electron chi connectivity index (χ1n) is 9.94. The minimum absolute atomic E-state index is 0.0896. The van der Waals surface area contributed by atoms with E-state index in [-0.39, 0.29) is 17.5 Å². The Morgan fingerprint density at radius 2 is 2.07 bits per heavy atom. The smallest absolute Gasteiger partial charge is 0.187 e. The van der Waals surface area contributed by atoms with Crippen LogP contribution in [-0.2, 0) is 9.84 Å². The first-order valence-corrected chi connectivity index (χ1v) is 12.2. The molecule has 0 aromatic carbocycles. The van der Waals surface area contributed by atoms with Crippen LogP contribution in [0.1, 0.15) is 69.4 Å². The number of nitrogens with one attached hydrogen (secondary N) is 2. The van der Waals surface area contributed by atoms with Gasteiger partial charge in [-0.1, -0.05) is 26.7 Å². The van der Waals surface area contributed by atoms with Crippen molar-refractivity contribution in [1.29, 1.82) is 0 Å². The topological polar surface area (TPSA) is 88.4 Å². The van der Waals surface area contributed by atoms with Crippen LogP contribution in [0.25, 0.3) is 0 Å². The van der Waals surface area contributed by atoms with Gasteiger partial charge in [0.15, 0.2) is 14.9 Å². The second-order valence-electron chi connectivity index (χ2n) is 8.16. The molecule has 0 unspecified atom stereocenters. The van der Waals surface area contributed by atoms with Crippen molar-refractivity contribution in [3.63, 3.8) is 0 Å². The molecule has 0 aliphatic carbocycles. The Morgan fingerprint density at radius 3 is 2.68 bits per heavy atom.